The maximum absolute atomic E-state index is 11.9. The minimum atomic E-state index is -0.958. The monoisotopic (exact) mass is 285 g/mol. The summed E-state index contributed by atoms with van der Waals surface area (Å²) in [6.45, 7) is 4.62. The average Bonchev–Trinajstić information content (AvgIpc) is 2.41. The number of likely N-dealkylation sites (tertiary alicyclic amines) is 1. The van der Waals surface area contributed by atoms with Gasteiger partial charge in [0.05, 0.1) is 0 Å². The molecule has 2 amide bonds. The van der Waals surface area contributed by atoms with E-state index < -0.39 is 12.0 Å². The maximum atomic E-state index is 11.9. The second kappa shape index (κ2) is 8.09. The summed E-state index contributed by atoms with van der Waals surface area (Å²) in [4.78, 5) is 26.5. The molecule has 6 heteroatoms. The van der Waals surface area contributed by atoms with E-state index in [0.717, 1.165) is 19.5 Å². The Kier molecular flexibility index (Phi) is 6.78. The number of rotatable bonds is 6. The zero-order valence-electron chi connectivity index (χ0n) is 12.8. The summed E-state index contributed by atoms with van der Waals surface area (Å²) < 4.78 is 0. The van der Waals surface area contributed by atoms with Gasteiger partial charge in [-0.05, 0) is 51.7 Å². The van der Waals surface area contributed by atoms with Gasteiger partial charge in [-0.2, -0.15) is 0 Å². The number of carboxylic acids is 1. The lowest BCUT2D eigenvalue weighted by molar-refractivity contribution is -0.141. The van der Waals surface area contributed by atoms with E-state index >= 15 is 0 Å². The predicted molar refractivity (Wildman–Crippen MR) is 77.7 cm³/mol. The van der Waals surface area contributed by atoms with Gasteiger partial charge in [0, 0.05) is 13.6 Å². The number of nitrogens with zero attached hydrogens (tertiary/aromatic N) is 2. The molecule has 0 spiro atoms. The van der Waals surface area contributed by atoms with Crippen molar-refractivity contribution in [1.82, 2.24) is 15.1 Å². The van der Waals surface area contributed by atoms with Crippen molar-refractivity contribution in [3.8, 4) is 0 Å². The van der Waals surface area contributed by atoms with Crippen LogP contribution in [0.15, 0.2) is 0 Å². The first kappa shape index (κ1) is 16.8. The summed E-state index contributed by atoms with van der Waals surface area (Å²) in [5.41, 5.74) is 0. The molecule has 0 radical (unpaired) electrons. The SMILES string of the molecule is CCC(C(=O)O)N(C)C(=O)NCCC1CCN(C)CC1. The molecule has 1 unspecified atom stereocenters. The lowest BCUT2D eigenvalue weighted by atomic mass is 9.94. The van der Waals surface area contributed by atoms with Crippen molar-refractivity contribution >= 4 is 12.0 Å². The van der Waals surface area contributed by atoms with Crippen LogP contribution in [-0.4, -0.2) is 66.7 Å². The number of urea groups is 1. The topological polar surface area (TPSA) is 72.9 Å². The number of amides is 2. The third kappa shape index (κ3) is 5.00. The molecule has 0 bridgehead atoms. The van der Waals surface area contributed by atoms with Gasteiger partial charge in [-0.25, -0.2) is 9.59 Å². The van der Waals surface area contributed by atoms with Crippen molar-refractivity contribution in [3.05, 3.63) is 0 Å². The number of carbonyl (C=O) groups excluding carboxylic acids is 1. The van der Waals surface area contributed by atoms with E-state index in [-0.39, 0.29) is 6.03 Å². The number of nitrogens with one attached hydrogen (secondary N) is 1. The van der Waals surface area contributed by atoms with Gasteiger partial charge in [-0.15, -0.1) is 0 Å². The Morgan fingerprint density at radius 1 is 1.40 bits per heavy atom. The van der Waals surface area contributed by atoms with E-state index in [4.69, 9.17) is 5.11 Å². The fourth-order valence-electron chi connectivity index (χ4n) is 2.61. The van der Waals surface area contributed by atoms with Crippen LogP contribution in [0.3, 0.4) is 0 Å². The summed E-state index contributed by atoms with van der Waals surface area (Å²) in [7, 11) is 3.66. The largest absolute Gasteiger partial charge is 0.480 e. The zero-order valence-corrected chi connectivity index (χ0v) is 12.8. The Bertz CT molecular complexity index is 328. The Morgan fingerprint density at radius 2 is 2.00 bits per heavy atom. The molecular formula is C14H27N3O3. The van der Waals surface area contributed by atoms with Crippen LogP contribution in [0, 0.1) is 5.92 Å². The van der Waals surface area contributed by atoms with Crippen LogP contribution >= 0.6 is 0 Å². The van der Waals surface area contributed by atoms with Crippen LogP contribution in [0.2, 0.25) is 0 Å². The number of carbonyl (C=O) groups is 2. The normalized spacial score (nSPS) is 18.6. The molecule has 6 nitrogen and oxygen atoms in total. The zero-order chi connectivity index (χ0) is 15.1. The first-order valence-corrected chi connectivity index (χ1v) is 7.37. The van der Waals surface area contributed by atoms with Gasteiger partial charge >= 0.3 is 12.0 Å². The van der Waals surface area contributed by atoms with E-state index in [1.807, 2.05) is 0 Å². The molecule has 1 fully saturated rings. The molecule has 1 aliphatic rings. The van der Waals surface area contributed by atoms with Crippen LogP contribution in [-0.2, 0) is 4.79 Å². The molecule has 1 aliphatic heterocycles. The van der Waals surface area contributed by atoms with Crippen LogP contribution in [0.25, 0.3) is 0 Å². The summed E-state index contributed by atoms with van der Waals surface area (Å²) in [6, 6.07) is -1.05. The molecule has 0 saturated carbocycles. The van der Waals surface area contributed by atoms with Gasteiger partial charge in [-0.3, -0.25) is 0 Å². The van der Waals surface area contributed by atoms with Gasteiger partial charge in [0.2, 0.25) is 0 Å². The highest BCUT2D eigenvalue weighted by atomic mass is 16.4. The number of aliphatic carboxylic acids is 1. The highest BCUT2D eigenvalue weighted by Gasteiger charge is 2.24. The second-order valence-electron chi connectivity index (χ2n) is 5.64. The molecule has 0 aliphatic carbocycles. The highest BCUT2D eigenvalue weighted by Crippen LogP contribution is 2.18. The smallest absolute Gasteiger partial charge is 0.326 e. The van der Waals surface area contributed by atoms with E-state index in [1.54, 1.807) is 6.92 Å². The van der Waals surface area contributed by atoms with Gasteiger partial charge in [-0.1, -0.05) is 6.92 Å². The standard InChI is InChI=1S/C14H27N3O3/c1-4-12(13(18)19)17(3)14(20)15-8-5-11-6-9-16(2)10-7-11/h11-12H,4-10H2,1-3H3,(H,15,20)(H,18,19). The van der Waals surface area contributed by atoms with E-state index in [1.165, 1.54) is 24.8 Å². The van der Waals surface area contributed by atoms with Gasteiger partial charge < -0.3 is 20.2 Å². The van der Waals surface area contributed by atoms with Crippen molar-refractivity contribution in [1.29, 1.82) is 0 Å². The summed E-state index contributed by atoms with van der Waals surface area (Å²) in [5, 5.41) is 11.8. The minimum Gasteiger partial charge on any atom is -0.480 e. The van der Waals surface area contributed by atoms with Crippen molar-refractivity contribution in [2.24, 2.45) is 5.92 Å². The molecule has 0 aromatic carbocycles. The van der Waals surface area contributed by atoms with Crippen LogP contribution < -0.4 is 5.32 Å². The quantitative estimate of drug-likeness (QED) is 0.769. The van der Waals surface area contributed by atoms with Crippen molar-refractivity contribution in [2.75, 3.05) is 33.7 Å². The Balaban J connectivity index is 2.27. The van der Waals surface area contributed by atoms with Crippen molar-refractivity contribution < 1.29 is 14.7 Å². The maximum Gasteiger partial charge on any atom is 0.326 e. The molecule has 0 aromatic heterocycles. The van der Waals surface area contributed by atoms with E-state index in [0.29, 0.717) is 18.9 Å². The molecule has 1 atom stereocenters. The highest BCUT2D eigenvalue weighted by molar-refractivity contribution is 5.82. The predicted octanol–water partition coefficient (Wildman–Crippen LogP) is 1.22. The minimum absolute atomic E-state index is 0.299. The number of hydrogen-bond donors (Lipinski definition) is 2. The fourth-order valence-corrected chi connectivity index (χ4v) is 2.61. The number of likely N-dealkylation sites (N-methyl/N-ethyl adjacent to an activating group) is 1. The Hall–Kier alpha value is -1.30. The lowest BCUT2D eigenvalue weighted by Gasteiger charge is -2.29. The Morgan fingerprint density at radius 3 is 2.50 bits per heavy atom. The molecule has 116 valence electrons. The summed E-state index contributed by atoms with van der Waals surface area (Å²) in [6.07, 6.45) is 3.73. The third-order valence-corrected chi connectivity index (χ3v) is 4.13. The van der Waals surface area contributed by atoms with Crippen molar-refractivity contribution in [3.63, 3.8) is 0 Å². The number of hydrogen-bond acceptors (Lipinski definition) is 3. The van der Waals surface area contributed by atoms with E-state index in [2.05, 4.69) is 17.3 Å². The first-order valence-electron chi connectivity index (χ1n) is 7.37. The molecule has 0 aromatic rings. The summed E-state index contributed by atoms with van der Waals surface area (Å²) >= 11 is 0. The fraction of sp³-hybridized carbons (Fsp3) is 0.857. The Labute approximate surface area is 121 Å². The average molecular weight is 285 g/mol. The van der Waals surface area contributed by atoms with Gasteiger partial charge in [0.1, 0.15) is 6.04 Å². The third-order valence-electron chi connectivity index (χ3n) is 4.13. The van der Waals surface area contributed by atoms with E-state index in [9.17, 15) is 9.59 Å². The molecule has 1 heterocycles. The van der Waals surface area contributed by atoms with Crippen LogP contribution in [0.1, 0.15) is 32.6 Å². The van der Waals surface area contributed by atoms with Crippen LogP contribution in [0.5, 0.6) is 0 Å². The molecular weight excluding hydrogens is 258 g/mol. The molecule has 2 N–H and O–H groups in total. The van der Waals surface area contributed by atoms with Crippen LogP contribution in [0.4, 0.5) is 4.79 Å². The molecule has 1 rings (SSSR count). The molecule has 1 saturated heterocycles. The summed E-state index contributed by atoms with van der Waals surface area (Å²) in [5.74, 6) is -0.293. The first-order chi connectivity index (χ1) is 9.45. The second-order valence-corrected chi connectivity index (χ2v) is 5.64. The molecule has 20 heavy (non-hydrogen) atoms. The van der Waals surface area contributed by atoms with Gasteiger partial charge in [0.25, 0.3) is 0 Å². The van der Waals surface area contributed by atoms with Gasteiger partial charge in [0.15, 0.2) is 0 Å². The number of piperidine rings is 1. The number of carboxylic acid groups (broad SMARTS) is 1. The lowest BCUT2D eigenvalue weighted by Crippen LogP contribution is -2.47. The van der Waals surface area contributed by atoms with Crippen molar-refractivity contribution in [2.45, 2.75) is 38.6 Å².